The molecule has 8 N–H and O–H groups in total. The standard InChI is InChI=1S/C124H168N8O16/c1-13-25-37-49-57-137-109-81-105(82-110(89-109)138-58-50-38-26-14-2)129-121(133)125-101-73-93-69-95-75-102(126-122(134)130-106-83-111(139-59-51-39-27-15-3)90-112(84-106)140-60-52-40-28-16-4)77-97(118(95)146-66-46-34-22-10)71-99-79-104(128-124(136)132-108-87-115(143-63-55-43-31-19-7)92-116(88-108)144-64-56-44-32-20-8)80-100(120(99)148-68-48-36-24-12)72-98-78-103(76-96(119(98)147-67-47-35-23-11)70-94(74-101)117(93)145-65-45-33-21-9)127-123(135)131-107-85-113(141-61-53-41-29-17-5)91-114(86-107)142-62-54-42-30-18-6/h13-20,25-32,73-92H,21-24,33-72H2,1-12H3,(H2,125,129,133)(H2,126,130,134)(H2,127,131,135)(H2,128,132,136). The van der Waals surface area contributed by atoms with Crippen LogP contribution in [0.4, 0.5) is 64.7 Å². The van der Waals surface area contributed by atoms with Gasteiger partial charge in [0.05, 0.1) is 79.3 Å². The Hall–Kier alpha value is -13.6. The number of hydrogen-bond acceptors (Lipinski definition) is 16. The summed E-state index contributed by atoms with van der Waals surface area (Å²) in [5.41, 5.74) is 8.76. The van der Waals surface area contributed by atoms with E-state index in [1.54, 1.807) is 0 Å². The first-order valence-corrected chi connectivity index (χ1v) is 54.5. The third kappa shape index (κ3) is 44.6. The van der Waals surface area contributed by atoms with Gasteiger partial charge in [0.15, 0.2) is 0 Å². The largest absolute Gasteiger partial charge is 0.493 e. The number of fused-ring (bicyclic) bond motifs is 8. The van der Waals surface area contributed by atoms with Gasteiger partial charge in [-0.25, -0.2) is 19.2 Å². The first-order valence-electron chi connectivity index (χ1n) is 54.5. The normalized spacial score (nSPS) is 12.0. The van der Waals surface area contributed by atoms with Crippen LogP contribution in [0.15, 0.2) is 219 Å². The summed E-state index contributed by atoms with van der Waals surface area (Å²) in [7, 11) is 0. The Morgan fingerprint density at radius 1 is 0.189 bits per heavy atom. The summed E-state index contributed by atoms with van der Waals surface area (Å²) in [4.78, 5) is 62.0. The first kappa shape index (κ1) is 118. The van der Waals surface area contributed by atoms with E-state index in [2.05, 4.69) is 119 Å². The number of unbranched alkanes of at least 4 members (excludes halogenated alkanes) is 16. The maximum Gasteiger partial charge on any atom is 0.323 e. The molecule has 8 bridgehead atoms. The van der Waals surface area contributed by atoms with Crippen LogP contribution in [0.1, 0.15) is 307 Å². The monoisotopic (exact) mass is 2030 g/mol. The number of urea groups is 4. The molecular formula is C124H168N8O16. The molecule has 0 heterocycles. The number of amides is 8. The van der Waals surface area contributed by atoms with Crippen LogP contribution in [0.2, 0.25) is 0 Å². The second-order valence-electron chi connectivity index (χ2n) is 37.0. The van der Waals surface area contributed by atoms with Gasteiger partial charge in [-0.3, -0.25) is 0 Å². The Kier molecular flexibility index (Phi) is 56.0. The van der Waals surface area contributed by atoms with Gasteiger partial charge < -0.3 is 99.4 Å². The second kappa shape index (κ2) is 70.3. The van der Waals surface area contributed by atoms with E-state index in [0.717, 1.165) is 154 Å². The van der Waals surface area contributed by atoms with E-state index in [1.165, 1.54) is 0 Å². The van der Waals surface area contributed by atoms with Crippen LogP contribution in [-0.2, 0) is 25.7 Å². The third-order valence-corrected chi connectivity index (χ3v) is 24.2. The molecule has 0 aliphatic heterocycles. The lowest BCUT2D eigenvalue weighted by Crippen LogP contribution is -2.21. The van der Waals surface area contributed by atoms with Gasteiger partial charge in [-0.05, 0) is 232 Å². The Bertz CT molecular complexity index is 4680. The molecule has 24 nitrogen and oxygen atoms in total. The molecule has 24 heteroatoms. The average Bonchev–Trinajstić information content (AvgIpc) is 0.768. The number of hydrogen-bond donors (Lipinski definition) is 8. The molecule has 0 spiro atoms. The van der Waals surface area contributed by atoms with Crippen molar-refractivity contribution in [2.45, 2.75) is 289 Å². The Labute approximate surface area is 882 Å². The molecule has 0 saturated carbocycles. The molecule has 9 rings (SSSR count). The van der Waals surface area contributed by atoms with Gasteiger partial charge in [0.25, 0.3) is 0 Å². The maximum absolute atomic E-state index is 15.5. The highest BCUT2D eigenvalue weighted by molar-refractivity contribution is 6.03. The molecular weight excluding hydrogens is 1860 g/mol. The topological polar surface area (TPSA) is 275 Å². The number of anilines is 8. The van der Waals surface area contributed by atoms with Gasteiger partial charge in [-0.2, -0.15) is 0 Å². The number of benzene rings is 8. The molecule has 8 aromatic rings. The van der Waals surface area contributed by atoms with E-state index in [9.17, 15) is 0 Å². The lowest BCUT2D eigenvalue weighted by molar-refractivity contribution is 0.261. The van der Waals surface area contributed by atoms with E-state index >= 15 is 19.2 Å². The molecule has 0 radical (unpaired) electrons. The fourth-order valence-electron chi connectivity index (χ4n) is 16.9. The molecule has 1 aliphatic carbocycles. The van der Waals surface area contributed by atoms with Crippen molar-refractivity contribution in [3.63, 3.8) is 0 Å². The second-order valence-corrected chi connectivity index (χ2v) is 37.0. The predicted molar refractivity (Wildman–Crippen MR) is 610 cm³/mol. The minimum absolute atomic E-state index is 0.0996. The van der Waals surface area contributed by atoms with Crippen molar-refractivity contribution in [2.75, 3.05) is 122 Å². The van der Waals surface area contributed by atoms with Crippen LogP contribution >= 0.6 is 0 Å². The number of carbonyl (C=O) groups is 4. The van der Waals surface area contributed by atoms with Gasteiger partial charge >= 0.3 is 24.1 Å². The van der Waals surface area contributed by atoms with E-state index in [1.807, 2.05) is 225 Å². The van der Waals surface area contributed by atoms with Crippen molar-refractivity contribution in [3.05, 3.63) is 263 Å². The van der Waals surface area contributed by atoms with Crippen LogP contribution in [0.5, 0.6) is 69.0 Å². The Balaban J connectivity index is 1.34. The van der Waals surface area contributed by atoms with Crippen LogP contribution < -0.4 is 99.4 Å². The van der Waals surface area contributed by atoms with Crippen molar-refractivity contribution in [1.82, 2.24) is 0 Å². The summed E-state index contributed by atoms with van der Waals surface area (Å²) in [5.74, 6) is 6.49. The van der Waals surface area contributed by atoms with Crippen LogP contribution in [0.3, 0.4) is 0 Å². The summed E-state index contributed by atoms with van der Waals surface area (Å²) >= 11 is 0. The van der Waals surface area contributed by atoms with Crippen molar-refractivity contribution in [1.29, 1.82) is 0 Å². The van der Waals surface area contributed by atoms with Gasteiger partial charge in [0.2, 0.25) is 0 Å². The molecule has 800 valence electrons. The van der Waals surface area contributed by atoms with E-state index in [0.29, 0.717) is 264 Å². The number of allylic oxidation sites excluding steroid dienone is 16. The molecule has 0 unspecified atom stereocenters. The number of ether oxygens (including phenoxy) is 12. The quantitative estimate of drug-likeness (QED) is 0.0130. The fraction of sp³-hybridized carbons (Fsp3) is 0.452. The molecule has 0 fully saturated rings. The summed E-state index contributed by atoms with van der Waals surface area (Å²) in [6.07, 6.45) is 56.5. The lowest BCUT2D eigenvalue weighted by atomic mass is 9.90. The summed E-state index contributed by atoms with van der Waals surface area (Å²) in [5, 5.41) is 26.0. The molecule has 8 aromatic carbocycles. The first-order chi connectivity index (χ1) is 72.5. The fourth-order valence-corrected chi connectivity index (χ4v) is 16.9. The van der Waals surface area contributed by atoms with Crippen molar-refractivity contribution >= 4 is 69.6 Å². The average molecular weight is 2030 g/mol. The van der Waals surface area contributed by atoms with Crippen molar-refractivity contribution < 1.29 is 76.0 Å². The molecule has 0 aromatic heterocycles. The van der Waals surface area contributed by atoms with Crippen molar-refractivity contribution in [3.8, 4) is 69.0 Å². The molecule has 1 aliphatic rings. The van der Waals surface area contributed by atoms with E-state index in [-0.39, 0.29) is 25.7 Å². The molecule has 0 saturated heterocycles. The lowest BCUT2D eigenvalue weighted by Gasteiger charge is -2.25. The molecule has 8 amide bonds. The zero-order valence-electron chi connectivity index (χ0n) is 90.4. The summed E-state index contributed by atoms with van der Waals surface area (Å²) in [6.45, 7) is 29.5. The minimum Gasteiger partial charge on any atom is -0.493 e. The van der Waals surface area contributed by atoms with Crippen LogP contribution in [0.25, 0.3) is 0 Å². The zero-order chi connectivity index (χ0) is 105. The van der Waals surface area contributed by atoms with Gasteiger partial charge in [0, 0.05) is 188 Å². The summed E-state index contributed by atoms with van der Waals surface area (Å²) in [6, 6.07) is 35.3. The minimum atomic E-state index is -0.552. The van der Waals surface area contributed by atoms with Gasteiger partial charge in [-0.1, -0.05) is 176 Å². The van der Waals surface area contributed by atoms with Crippen LogP contribution in [-0.4, -0.2) is 103 Å². The molecule has 0 atom stereocenters. The van der Waals surface area contributed by atoms with E-state index < -0.39 is 24.1 Å². The van der Waals surface area contributed by atoms with Gasteiger partial charge in [0.1, 0.15) is 69.0 Å². The highest BCUT2D eigenvalue weighted by Crippen LogP contribution is 2.45. The highest BCUT2D eigenvalue weighted by atomic mass is 16.5. The van der Waals surface area contributed by atoms with Crippen molar-refractivity contribution in [2.24, 2.45) is 0 Å². The molecule has 148 heavy (non-hydrogen) atoms. The third-order valence-electron chi connectivity index (χ3n) is 24.2. The predicted octanol–water partition coefficient (Wildman–Crippen LogP) is 33.1. The smallest absolute Gasteiger partial charge is 0.323 e. The van der Waals surface area contributed by atoms with E-state index in [4.69, 9.17) is 56.8 Å². The maximum atomic E-state index is 15.5. The van der Waals surface area contributed by atoms with Gasteiger partial charge in [-0.15, -0.1) is 0 Å². The Morgan fingerprint density at radius 3 is 0.459 bits per heavy atom. The Morgan fingerprint density at radius 2 is 0.324 bits per heavy atom. The summed E-state index contributed by atoms with van der Waals surface area (Å²) < 4.78 is 80.9. The zero-order valence-corrected chi connectivity index (χ0v) is 90.4. The number of rotatable bonds is 68. The number of carbonyl (C=O) groups excluding carboxylic acids is 4. The highest BCUT2D eigenvalue weighted by Gasteiger charge is 2.28. The number of nitrogens with one attached hydrogen (secondary N) is 8. The van der Waals surface area contributed by atoms with Crippen LogP contribution in [0, 0.1) is 0 Å². The SMILES string of the molecule is CC=CCCCOc1cc(NC(=O)Nc2cc3c(OCCCCC)c(c2)Cc2cc(NC(=O)Nc4cc(OCCCC=CC)cc(OCCCC=CC)c4)cc(c2OCCCCC)Cc2cc(NC(=O)Nc4cc(OCCCC=CC)cc(OCCCC=CC)c4)cc(c2OCCCCC)Cc2cc(NC(=O)Nc4cc(OCCCC=CC)cc(OCCCC=CC)c4)cc(c2OCCCCC)C3)cc(OCCCC=CC)c1.